The van der Waals surface area contributed by atoms with Crippen LogP contribution in [0.25, 0.3) is 5.69 Å². The van der Waals surface area contributed by atoms with Gasteiger partial charge in [0.2, 0.25) is 0 Å². The monoisotopic (exact) mass is 456 g/mol. The standard InChI is InChI=1S/C25H27F3N4O/c26-25(27,28)18-8-4-9-19(14-18)32-12-5-10-20(32)15-31-13-11-22-21(16-31)24(33)30-23(29-22)17-6-2-1-3-7-17/h4-5,8-10,12,14,17H,1-3,6-7,11,13,15-16H2,(H,29,30,33). The lowest BCUT2D eigenvalue weighted by Crippen LogP contribution is -2.36. The highest BCUT2D eigenvalue weighted by Gasteiger charge is 2.31. The summed E-state index contributed by atoms with van der Waals surface area (Å²) in [5.74, 6) is 1.19. The maximum Gasteiger partial charge on any atom is 0.416 e. The molecule has 1 aliphatic heterocycles. The normalized spacial score (nSPS) is 17.8. The number of benzene rings is 1. The third-order valence-corrected chi connectivity index (χ3v) is 6.83. The first kappa shape index (κ1) is 21.9. The van der Waals surface area contributed by atoms with Gasteiger partial charge in [0, 0.05) is 49.6 Å². The van der Waals surface area contributed by atoms with E-state index in [1.54, 1.807) is 16.8 Å². The van der Waals surface area contributed by atoms with Gasteiger partial charge < -0.3 is 9.55 Å². The number of nitrogens with one attached hydrogen (secondary N) is 1. The minimum Gasteiger partial charge on any atom is -0.320 e. The average Bonchev–Trinajstić information content (AvgIpc) is 3.27. The van der Waals surface area contributed by atoms with E-state index in [1.807, 2.05) is 12.1 Å². The molecule has 0 saturated heterocycles. The molecule has 3 heterocycles. The van der Waals surface area contributed by atoms with E-state index >= 15 is 0 Å². The van der Waals surface area contributed by atoms with Crippen LogP contribution in [0.1, 0.15) is 66.4 Å². The fourth-order valence-electron chi connectivity index (χ4n) is 5.06. The predicted molar refractivity (Wildman–Crippen MR) is 119 cm³/mol. The zero-order chi connectivity index (χ0) is 23.0. The van der Waals surface area contributed by atoms with Crippen LogP contribution >= 0.6 is 0 Å². The second kappa shape index (κ2) is 8.82. The number of hydrogen-bond donors (Lipinski definition) is 1. The van der Waals surface area contributed by atoms with Gasteiger partial charge in [-0.1, -0.05) is 25.3 Å². The zero-order valence-corrected chi connectivity index (χ0v) is 18.4. The molecular weight excluding hydrogens is 429 g/mol. The smallest absolute Gasteiger partial charge is 0.320 e. The van der Waals surface area contributed by atoms with Crippen LogP contribution in [0.2, 0.25) is 0 Å². The van der Waals surface area contributed by atoms with E-state index in [9.17, 15) is 18.0 Å². The Bertz CT molecular complexity index is 1190. The van der Waals surface area contributed by atoms with Gasteiger partial charge in [0.15, 0.2) is 0 Å². The summed E-state index contributed by atoms with van der Waals surface area (Å²) in [5.41, 5.74) is 2.22. The molecule has 0 atom stereocenters. The van der Waals surface area contributed by atoms with E-state index in [1.165, 1.54) is 25.3 Å². The van der Waals surface area contributed by atoms with Crippen molar-refractivity contribution in [3.05, 3.63) is 81.3 Å². The van der Waals surface area contributed by atoms with Crippen LogP contribution in [0, 0.1) is 0 Å². The molecule has 33 heavy (non-hydrogen) atoms. The minimum atomic E-state index is -4.38. The number of nitrogens with zero attached hydrogens (tertiary/aromatic N) is 3. The fourth-order valence-corrected chi connectivity index (χ4v) is 5.06. The van der Waals surface area contributed by atoms with E-state index in [4.69, 9.17) is 4.98 Å². The number of rotatable bonds is 4. The first-order valence-electron chi connectivity index (χ1n) is 11.6. The molecule has 174 valence electrons. The second-order valence-electron chi connectivity index (χ2n) is 9.09. The molecular formula is C25H27F3N4O. The topological polar surface area (TPSA) is 53.9 Å². The number of halogens is 3. The van der Waals surface area contributed by atoms with E-state index in [0.717, 1.165) is 48.7 Å². The Hall–Kier alpha value is -2.87. The fraction of sp³-hybridized carbons (Fsp3) is 0.440. The molecule has 8 heteroatoms. The number of fused-ring (bicyclic) bond motifs is 1. The first-order valence-corrected chi connectivity index (χ1v) is 11.6. The number of aromatic amines is 1. The molecule has 0 unspecified atom stereocenters. The molecule has 0 amide bonds. The summed E-state index contributed by atoms with van der Waals surface area (Å²) in [6.07, 6.45) is 3.88. The lowest BCUT2D eigenvalue weighted by Gasteiger charge is -2.29. The quantitative estimate of drug-likeness (QED) is 0.588. The SMILES string of the molecule is O=c1[nH]c(C2CCCCC2)nc2c1CN(Cc1cccn1-c1cccc(C(F)(F)F)c1)CC2. The van der Waals surface area contributed by atoms with Gasteiger partial charge in [-0.2, -0.15) is 13.2 Å². The highest BCUT2D eigenvalue weighted by atomic mass is 19.4. The average molecular weight is 457 g/mol. The summed E-state index contributed by atoms with van der Waals surface area (Å²) in [4.78, 5) is 22.9. The van der Waals surface area contributed by atoms with Gasteiger partial charge in [-0.05, 0) is 43.2 Å². The van der Waals surface area contributed by atoms with Gasteiger partial charge in [-0.15, -0.1) is 0 Å². The molecule has 0 spiro atoms. The first-order chi connectivity index (χ1) is 15.9. The van der Waals surface area contributed by atoms with Crippen molar-refractivity contribution in [2.45, 2.75) is 63.7 Å². The molecule has 1 fully saturated rings. The summed E-state index contributed by atoms with van der Waals surface area (Å²) in [5, 5.41) is 0. The maximum atomic E-state index is 13.2. The zero-order valence-electron chi connectivity index (χ0n) is 18.4. The Balaban J connectivity index is 1.34. The van der Waals surface area contributed by atoms with Crippen molar-refractivity contribution in [1.82, 2.24) is 19.4 Å². The summed E-state index contributed by atoms with van der Waals surface area (Å²) >= 11 is 0. The van der Waals surface area contributed by atoms with Crippen molar-refractivity contribution >= 4 is 0 Å². The van der Waals surface area contributed by atoms with Crippen molar-refractivity contribution in [3.63, 3.8) is 0 Å². The third kappa shape index (κ3) is 4.62. The highest BCUT2D eigenvalue weighted by molar-refractivity contribution is 5.39. The van der Waals surface area contributed by atoms with Gasteiger partial charge in [0.25, 0.3) is 5.56 Å². The lowest BCUT2D eigenvalue weighted by atomic mass is 9.88. The Kier molecular flexibility index (Phi) is 5.86. The number of alkyl halides is 3. The van der Waals surface area contributed by atoms with Crippen molar-refractivity contribution in [2.75, 3.05) is 6.54 Å². The van der Waals surface area contributed by atoms with Gasteiger partial charge in [-0.25, -0.2) is 4.98 Å². The predicted octanol–water partition coefficient (Wildman–Crippen LogP) is 5.19. The molecule has 1 aromatic carbocycles. The molecule has 1 aliphatic carbocycles. The van der Waals surface area contributed by atoms with Gasteiger partial charge in [0.05, 0.1) is 16.8 Å². The van der Waals surface area contributed by atoms with E-state index in [-0.39, 0.29) is 5.56 Å². The Morgan fingerprint density at radius 1 is 1.09 bits per heavy atom. The summed E-state index contributed by atoms with van der Waals surface area (Å²) in [7, 11) is 0. The number of hydrogen-bond acceptors (Lipinski definition) is 3. The van der Waals surface area contributed by atoms with Crippen molar-refractivity contribution in [3.8, 4) is 5.69 Å². The van der Waals surface area contributed by atoms with Crippen LogP contribution in [-0.2, 0) is 25.7 Å². The number of H-pyrrole nitrogens is 1. The van der Waals surface area contributed by atoms with Crippen molar-refractivity contribution in [1.29, 1.82) is 0 Å². The molecule has 2 aliphatic rings. The largest absolute Gasteiger partial charge is 0.416 e. The van der Waals surface area contributed by atoms with Crippen LogP contribution in [0.4, 0.5) is 13.2 Å². The highest BCUT2D eigenvalue weighted by Crippen LogP contribution is 2.32. The van der Waals surface area contributed by atoms with E-state index in [0.29, 0.717) is 36.7 Å². The lowest BCUT2D eigenvalue weighted by molar-refractivity contribution is -0.137. The molecule has 0 bridgehead atoms. The molecule has 0 radical (unpaired) electrons. The Morgan fingerprint density at radius 3 is 2.70 bits per heavy atom. The summed E-state index contributed by atoms with van der Waals surface area (Å²) < 4.78 is 41.2. The molecule has 5 rings (SSSR count). The summed E-state index contributed by atoms with van der Waals surface area (Å²) in [6.45, 7) is 1.77. The molecule has 2 aromatic heterocycles. The van der Waals surface area contributed by atoms with Crippen molar-refractivity contribution in [2.24, 2.45) is 0 Å². The third-order valence-electron chi connectivity index (χ3n) is 6.83. The second-order valence-corrected chi connectivity index (χ2v) is 9.09. The number of aromatic nitrogens is 3. The van der Waals surface area contributed by atoms with Crippen LogP contribution in [-0.4, -0.2) is 26.0 Å². The maximum absolute atomic E-state index is 13.2. The molecule has 5 nitrogen and oxygen atoms in total. The minimum absolute atomic E-state index is 0.0569. The van der Waals surface area contributed by atoms with Crippen molar-refractivity contribution < 1.29 is 13.2 Å². The van der Waals surface area contributed by atoms with E-state index in [2.05, 4.69) is 9.88 Å². The Morgan fingerprint density at radius 2 is 1.91 bits per heavy atom. The van der Waals surface area contributed by atoms with Gasteiger partial charge >= 0.3 is 6.18 Å². The summed E-state index contributed by atoms with van der Waals surface area (Å²) in [6, 6.07) is 9.08. The molecule has 1 N–H and O–H groups in total. The molecule has 3 aromatic rings. The van der Waals surface area contributed by atoms with Crippen LogP contribution < -0.4 is 5.56 Å². The van der Waals surface area contributed by atoms with Gasteiger partial charge in [-0.3, -0.25) is 9.69 Å². The van der Waals surface area contributed by atoms with E-state index < -0.39 is 11.7 Å². The van der Waals surface area contributed by atoms with Crippen LogP contribution in [0.15, 0.2) is 47.4 Å². The van der Waals surface area contributed by atoms with Crippen LogP contribution in [0.3, 0.4) is 0 Å². The molecule has 1 saturated carbocycles. The van der Waals surface area contributed by atoms with Crippen LogP contribution in [0.5, 0.6) is 0 Å². The Labute approximate surface area is 190 Å². The van der Waals surface area contributed by atoms with Gasteiger partial charge in [0.1, 0.15) is 5.82 Å².